The molecule has 1 saturated heterocycles. The summed E-state index contributed by atoms with van der Waals surface area (Å²) in [4.78, 5) is 13.6. The Labute approximate surface area is 109 Å². The van der Waals surface area contributed by atoms with Crippen molar-refractivity contribution in [3.8, 4) is 0 Å². The van der Waals surface area contributed by atoms with Gasteiger partial charge in [-0.05, 0) is 57.1 Å². The average Bonchev–Trinajstić information content (AvgIpc) is 2.33. The van der Waals surface area contributed by atoms with Crippen molar-refractivity contribution >= 4 is 11.5 Å². The van der Waals surface area contributed by atoms with Gasteiger partial charge in [-0.2, -0.15) is 0 Å². The van der Waals surface area contributed by atoms with Crippen LogP contribution in [0.4, 0.5) is 5.69 Å². The highest BCUT2D eigenvalue weighted by molar-refractivity contribution is 5.94. The van der Waals surface area contributed by atoms with Gasteiger partial charge in [0.15, 0.2) is 5.78 Å². The fourth-order valence-electron chi connectivity index (χ4n) is 2.58. The van der Waals surface area contributed by atoms with Gasteiger partial charge in [0.2, 0.25) is 0 Å². The molecule has 0 spiro atoms. The molecule has 3 nitrogen and oxygen atoms in total. The minimum Gasteiger partial charge on any atom is -0.382 e. The van der Waals surface area contributed by atoms with Gasteiger partial charge >= 0.3 is 0 Å². The van der Waals surface area contributed by atoms with Crippen LogP contribution in [0.3, 0.4) is 0 Å². The fourth-order valence-corrected chi connectivity index (χ4v) is 2.58. The number of nitrogens with zero attached hydrogens (tertiary/aromatic N) is 1. The van der Waals surface area contributed by atoms with Gasteiger partial charge in [0, 0.05) is 23.8 Å². The molecule has 0 radical (unpaired) electrons. The Morgan fingerprint density at radius 3 is 2.56 bits per heavy atom. The number of nitrogens with one attached hydrogen (secondary N) is 1. The number of Topliss-reactive ketones (excluding diaryl/α,β-unsaturated/α-hetero) is 1. The van der Waals surface area contributed by atoms with Crippen molar-refractivity contribution in [3.05, 3.63) is 29.8 Å². The molecule has 0 amide bonds. The Balaban J connectivity index is 1.99. The SMILES string of the molecule is CC(=O)c1ccc(NC2CCN(C)CC2C)cc1. The van der Waals surface area contributed by atoms with Crippen molar-refractivity contribution in [2.75, 3.05) is 25.5 Å². The van der Waals surface area contributed by atoms with Crippen molar-refractivity contribution in [2.24, 2.45) is 5.92 Å². The molecule has 0 saturated carbocycles. The standard InChI is InChI=1S/C15H22N2O/c1-11-10-17(3)9-8-15(11)16-14-6-4-13(5-7-14)12(2)18/h4-7,11,15-16H,8-10H2,1-3H3. The van der Waals surface area contributed by atoms with Gasteiger partial charge in [0.1, 0.15) is 0 Å². The van der Waals surface area contributed by atoms with Gasteiger partial charge in [-0.3, -0.25) is 4.79 Å². The third kappa shape index (κ3) is 3.10. The summed E-state index contributed by atoms with van der Waals surface area (Å²) >= 11 is 0. The van der Waals surface area contributed by atoms with Gasteiger partial charge in [-0.25, -0.2) is 0 Å². The smallest absolute Gasteiger partial charge is 0.159 e. The molecule has 0 aliphatic carbocycles. The molecule has 1 heterocycles. The number of ketones is 1. The highest BCUT2D eigenvalue weighted by atomic mass is 16.1. The van der Waals surface area contributed by atoms with Crippen LogP contribution in [-0.2, 0) is 0 Å². The Bertz CT molecular complexity index is 413. The molecule has 98 valence electrons. The van der Waals surface area contributed by atoms with Crippen molar-refractivity contribution in [1.29, 1.82) is 0 Å². The van der Waals surface area contributed by atoms with E-state index in [4.69, 9.17) is 0 Å². The van der Waals surface area contributed by atoms with Crippen LogP contribution in [0.5, 0.6) is 0 Å². The van der Waals surface area contributed by atoms with Crippen LogP contribution in [0.2, 0.25) is 0 Å². The molecule has 0 bridgehead atoms. The molecule has 1 fully saturated rings. The monoisotopic (exact) mass is 246 g/mol. The topological polar surface area (TPSA) is 32.3 Å². The quantitative estimate of drug-likeness (QED) is 0.832. The third-order valence-corrected chi connectivity index (χ3v) is 3.75. The zero-order valence-corrected chi connectivity index (χ0v) is 11.4. The van der Waals surface area contributed by atoms with E-state index in [2.05, 4.69) is 24.2 Å². The van der Waals surface area contributed by atoms with Crippen LogP contribution in [0.1, 0.15) is 30.6 Å². The number of piperidine rings is 1. The molecular formula is C15H22N2O. The van der Waals surface area contributed by atoms with E-state index >= 15 is 0 Å². The zero-order chi connectivity index (χ0) is 13.1. The van der Waals surface area contributed by atoms with E-state index in [-0.39, 0.29) is 5.78 Å². The third-order valence-electron chi connectivity index (χ3n) is 3.75. The van der Waals surface area contributed by atoms with Crippen LogP contribution in [0.15, 0.2) is 24.3 Å². The molecule has 2 rings (SSSR count). The number of likely N-dealkylation sites (tertiary alicyclic amines) is 1. The van der Waals surface area contributed by atoms with E-state index < -0.39 is 0 Å². The first-order chi connectivity index (χ1) is 8.56. The maximum absolute atomic E-state index is 11.2. The number of carbonyl (C=O) groups excluding carboxylic acids is 1. The predicted octanol–water partition coefficient (Wildman–Crippen LogP) is 2.64. The van der Waals surface area contributed by atoms with Crippen LogP contribution >= 0.6 is 0 Å². The van der Waals surface area contributed by atoms with Crippen LogP contribution < -0.4 is 5.32 Å². The van der Waals surface area contributed by atoms with Crippen molar-refractivity contribution in [1.82, 2.24) is 4.90 Å². The Kier molecular flexibility index (Phi) is 4.02. The molecule has 1 N–H and O–H groups in total. The van der Waals surface area contributed by atoms with Gasteiger partial charge < -0.3 is 10.2 Å². The predicted molar refractivity (Wildman–Crippen MR) is 75.1 cm³/mol. The summed E-state index contributed by atoms with van der Waals surface area (Å²) in [5.41, 5.74) is 1.89. The summed E-state index contributed by atoms with van der Waals surface area (Å²) < 4.78 is 0. The molecule has 2 unspecified atom stereocenters. The first kappa shape index (κ1) is 13.1. The molecule has 3 heteroatoms. The summed E-state index contributed by atoms with van der Waals surface area (Å²) in [5, 5.41) is 3.58. The molecular weight excluding hydrogens is 224 g/mol. The van der Waals surface area contributed by atoms with Gasteiger partial charge in [-0.15, -0.1) is 0 Å². The highest BCUT2D eigenvalue weighted by Crippen LogP contribution is 2.20. The van der Waals surface area contributed by atoms with Gasteiger partial charge in [-0.1, -0.05) is 6.92 Å². The highest BCUT2D eigenvalue weighted by Gasteiger charge is 2.23. The second-order valence-electron chi connectivity index (χ2n) is 5.41. The lowest BCUT2D eigenvalue weighted by Gasteiger charge is -2.35. The first-order valence-electron chi connectivity index (χ1n) is 6.62. The summed E-state index contributed by atoms with van der Waals surface area (Å²) in [5.74, 6) is 0.769. The lowest BCUT2D eigenvalue weighted by molar-refractivity contribution is 0.101. The number of hydrogen-bond acceptors (Lipinski definition) is 3. The molecule has 18 heavy (non-hydrogen) atoms. The normalized spacial score (nSPS) is 24.8. The zero-order valence-electron chi connectivity index (χ0n) is 11.4. The van der Waals surface area contributed by atoms with Crippen molar-refractivity contribution in [2.45, 2.75) is 26.3 Å². The van der Waals surface area contributed by atoms with Crippen LogP contribution in [0.25, 0.3) is 0 Å². The summed E-state index contributed by atoms with van der Waals surface area (Å²) in [6.07, 6.45) is 1.17. The maximum Gasteiger partial charge on any atom is 0.159 e. The lowest BCUT2D eigenvalue weighted by Crippen LogP contribution is -2.43. The molecule has 1 aromatic carbocycles. The molecule has 1 aliphatic rings. The van der Waals surface area contributed by atoms with E-state index in [9.17, 15) is 4.79 Å². The summed E-state index contributed by atoms with van der Waals surface area (Å²) in [6, 6.07) is 8.32. The maximum atomic E-state index is 11.2. The number of anilines is 1. The van der Waals surface area contributed by atoms with E-state index in [0.717, 1.165) is 24.3 Å². The Morgan fingerprint density at radius 1 is 1.33 bits per heavy atom. The molecule has 0 aromatic heterocycles. The molecule has 1 aliphatic heterocycles. The minimum atomic E-state index is 0.120. The van der Waals surface area contributed by atoms with Crippen molar-refractivity contribution < 1.29 is 4.79 Å². The molecule has 1 aromatic rings. The van der Waals surface area contributed by atoms with Gasteiger partial charge in [0.25, 0.3) is 0 Å². The van der Waals surface area contributed by atoms with Crippen LogP contribution in [0, 0.1) is 5.92 Å². The first-order valence-corrected chi connectivity index (χ1v) is 6.62. The minimum absolute atomic E-state index is 0.120. The lowest BCUT2D eigenvalue weighted by atomic mass is 9.94. The Morgan fingerprint density at radius 2 is 2.00 bits per heavy atom. The van der Waals surface area contributed by atoms with E-state index in [1.165, 1.54) is 6.42 Å². The van der Waals surface area contributed by atoms with Gasteiger partial charge in [0.05, 0.1) is 0 Å². The second kappa shape index (κ2) is 5.53. The summed E-state index contributed by atoms with van der Waals surface area (Å²) in [7, 11) is 2.17. The van der Waals surface area contributed by atoms with Crippen LogP contribution in [-0.4, -0.2) is 36.9 Å². The second-order valence-corrected chi connectivity index (χ2v) is 5.41. The van der Waals surface area contributed by atoms with E-state index in [1.54, 1.807) is 6.92 Å². The fraction of sp³-hybridized carbons (Fsp3) is 0.533. The number of carbonyl (C=O) groups is 1. The largest absolute Gasteiger partial charge is 0.382 e. The van der Waals surface area contributed by atoms with Crippen molar-refractivity contribution in [3.63, 3.8) is 0 Å². The Hall–Kier alpha value is -1.35. The number of benzene rings is 1. The summed E-state index contributed by atoms with van der Waals surface area (Å²) in [6.45, 7) is 6.18. The van der Waals surface area contributed by atoms with E-state index in [1.807, 2.05) is 24.3 Å². The number of rotatable bonds is 3. The molecule has 2 atom stereocenters. The van der Waals surface area contributed by atoms with E-state index in [0.29, 0.717) is 12.0 Å². The number of hydrogen-bond donors (Lipinski definition) is 1. The average molecular weight is 246 g/mol.